The van der Waals surface area contributed by atoms with Gasteiger partial charge in [-0.15, -0.1) is 12.4 Å². The molecular formula is C3H8ClO. The van der Waals surface area contributed by atoms with E-state index in [-0.39, 0.29) is 12.4 Å². The van der Waals surface area contributed by atoms with Crippen LogP contribution in [-0.2, 0) is 0 Å². The fraction of sp³-hybridized carbons (Fsp3) is 0.667. The summed E-state index contributed by atoms with van der Waals surface area (Å²) in [4.78, 5) is 0. The molecule has 0 rings (SSSR count). The minimum Gasteiger partial charge on any atom is -0.393 e. The van der Waals surface area contributed by atoms with Gasteiger partial charge in [-0.05, 0) is 13.8 Å². The van der Waals surface area contributed by atoms with Crippen molar-refractivity contribution in [2.24, 2.45) is 0 Å². The van der Waals surface area contributed by atoms with Crippen LogP contribution in [0.15, 0.2) is 0 Å². The van der Waals surface area contributed by atoms with Gasteiger partial charge in [-0.1, -0.05) is 0 Å². The second-order valence-electron chi connectivity index (χ2n) is 0.849. The van der Waals surface area contributed by atoms with E-state index in [1.54, 1.807) is 6.92 Å². The van der Waals surface area contributed by atoms with Gasteiger partial charge >= 0.3 is 0 Å². The molecule has 0 spiro atoms. The molecule has 0 saturated carbocycles. The van der Waals surface area contributed by atoms with Crippen LogP contribution in [0.2, 0.25) is 0 Å². The molecule has 0 aliphatic heterocycles. The molecule has 5 heavy (non-hydrogen) atoms. The van der Waals surface area contributed by atoms with Crippen molar-refractivity contribution in [1.82, 2.24) is 0 Å². The maximum Gasteiger partial charge on any atom is 0.0513 e. The highest BCUT2D eigenvalue weighted by Crippen LogP contribution is 1.63. The number of halogens is 1. The summed E-state index contributed by atoms with van der Waals surface area (Å²) < 4.78 is 0. The van der Waals surface area contributed by atoms with E-state index < -0.39 is 6.10 Å². The molecule has 1 N–H and O–H groups in total. The third-order valence-corrected chi connectivity index (χ3v) is 0. The van der Waals surface area contributed by atoms with E-state index in [0.717, 1.165) is 0 Å². The van der Waals surface area contributed by atoms with Crippen molar-refractivity contribution < 1.29 is 5.11 Å². The van der Waals surface area contributed by atoms with Crippen molar-refractivity contribution in [3.8, 4) is 0 Å². The summed E-state index contributed by atoms with van der Waals surface area (Å²) in [6.45, 7) is 4.81. The highest BCUT2D eigenvalue weighted by Gasteiger charge is 1.69. The van der Waals surface area contributed by atoms with Crippen LogP contribution in [0, 0.1) is 6.92 Å². The van der Waals surface area contributed by atoms with E-state index in [9.17, 15) is 0 Å². The van der Waals surface area contributed by atoms with E-state index in [1.807, 2.05) is 0 Å². The molecule has 0 saturated heterocycles. The van der Waals surface area contributed by atoms with Crippen molar-refractivity contribution in [3.63, 3.8) is 0 Å². The maximum atomic E-state index is 7.94. The molecule has 1 radical (unpaired) electrons. The number of hydrogen-bond donors (Lipinski definition) is 1. The maximum absolute atomic E-state index is 7.94. The molecule has 0 aliphatic carbocycles. The topological polar surface area (TPSA) is 20.2 Å². The average molecular weight is 95.5 g/mol. The number of hydrogen-bond acceptors (Lipinski definition) is 1. The second-order valence-corrected chi connectivity index (χ2v) is 0.849. The molecular weight excluding hydrogens is 87.5 g/mol. The lowest BCUT2D eigenvalue weighted by molar-refractivity contribution is 0.241. The summed E-state index contributed by atoms with van der Waals surface area (Å²) in [6.07, 6.45) is -0.417. The Bertz CT molecular complexity index is 11.6. The van der Waals surface area contributed by atoms with Crippen molar-refractivity contribution in [2.75, 3.05) is 0 Å². The van der Waals surface area contributed by atoms with Gasteiger partial charge in [0.05, 0.1) is 6.10 Å². The molecule has 1 atom stereocenters. The molecule has 0 bridgehead atoms. The van der Waals surface area contributed by atoms with Gasteiger partial charge in [-0.2, -0.15) is 0 Å². The summed E-state index contributed by atoms with van der Waals surface area (Å²) in [5, 5.41) is 7.94. The van der Waals surface area contributed by atoms with Crippen LogP contribution in [-0.4, -0.2) is 11.2 Å². The van der Waals surface area contributed by atoms with Crippen LogP contribution in [0.1, 0.15) is 6.92 Å². The molecule has 33 valence electrons. The standard InChI is InChI=1S/C3H7O.ClH/c1-3(2)4;/h3-4H,1H2,2H3;1H. The Labute approximate surface area is 38.4 Å². The summed E-state index contributed by atoms with van der Waals surface area (Å²) in [5.74, 6) is 0. The molecule has 1 nitrogen and oxygen atoms in total. The second kappa shape index (κ2) is 4.25. The Morgan fingerprint density at radius 3 is 1.80 bits per heavy atom. The molecule has 1 unspecified atom stereocenters. The minimum absolute atomic E-state index is 0. The zero-order valence-corrected chi connectivity index (χ0v) is 3.96. The first-order valence-electron chi connectivity index (χ1n) is 1.24. The number of aliphatic hydroxyl groups excluding tert-OH is 1. The highest BCUT2D eigenvalue weighted by atomic mass is 35.5. The predicted molar refractivity (Wildman–Crippen MR) is 24.3 cm³/mol. The average Bonchev–Trinajstić information content (AvgIpc) is 0.811. The van der Waals surface area contributed by atoms with E-state index in [1.165, 1.54) is 0 Å². The van der Waals surface area contributed by atoms with E-state index in [0.29, 0.717) is 0 Å². The zero-order chi connectivity index (χ0) is 3.58. The summed E-state index contributed by atoms with van der Waals surface area (Å²) in [6, 6.07) is 0. The van der Waals surface area contributed by atoms with Gasteiger partial charge < -0.3 is 5.11 Å². The first-order chi connectivity index (χ1) is 1.73. The van der Waals surface area contributed by atoms with Crippen LogP contribution < -0.4 is 0 Å². The lowest BCUT2D eigenvalue weighted by Crippen LogP contribution is -1.86. The third kappa shape index (κ3) is 344. The Balaban J connectivity index is 0. The number of aliphatic hydroxyl groups is 1. The van der Waals surface area contributed by atoms with E-state index in [2.05, 4.69) is 6.92 Å². The lowest BCUT2D eigenvalue weighted by Gasteiger charge is -1.79. The molecule has 0 aromatic carbocycles. The van der Waals surface area contributed by atoms with Crippen molar-refractivity contribution in [2.45, 2.75) is 13.0 Å². The van der Waals surface area contributed by atoms with Gasteiger partial charge in [-0.3, -0.25) is 0 Å². The van der Waals surface area contributed by atoms with Gasteiger partial charge in [0, 0.05) is 0 Å². The van der Waals surface area contributed by atoms with Crippen LogP contribution in [0.5, 0.6) is 0 Å². The van der Waals surface area contributed by atoms with Crippen LogP contribution >= 0.6 is 12.4 Å². The van der Waals surface area contributed by atoms with Crippen molar-refractivity contribution >= 4 is 12.4 Å². The molecule has 0 heterocycles. The van der Waals surface area contributed by atoms with E-state index in [4.69, 9.17) is 5.11 Å². The molecule has 0 amide bonds. The summed E-state index contributed by atoms with van der Waals surface area (Å²) in [5.41, 5.74) is 0. The van der Waals surface area contributed by atoms with Crippen LogP contribution in [0.3, 0.4) is 0 Å². The Hall–Kier alpha value is 0.250. The Morgan fingerprint density at radius 2 is 1.80 bits per heavy atom. The minimum atomic E-state index is -0.417. The van der Waals surface area contributed by atoms with Crippen LogP contribution in [0.25, 0.3) is 0 Å². The van der Waals surface area contributed by atoms with E-state index >= 15 is 0 Å². The summed E-state index contributed by atoms with van der Waals surface area (Å²) in [7, 11) is 0. The Morgan fingerprint density at radius 1 is 1.80 bits per heavy atom. The quantitative estimate of drug-likeness (QED) is 0.468. The first kappa shape index (κ1) is 8.98. The van der Waals surface area contributed by atoms with Gasteiger partial charge in [0.15, 0.2) is 0 Å². The highest BCUT2D eigenvalue weighted by molar-refractivity contribution is 5.85. The van der Waals surface area contributed by atoms with Gasteiger partial charge in [0.2, 0.25) is 0 Å². The van der Waals surface area contributed by atoms with Gasteiger partial charge in [0.25, 0.3) is 0 Å². The molecule has 0 aromatic heterocycles. The predicted octanol–water partition coefficient (Wildman–Crippen LogP) is 0.623. The van der Waals surface area contributed by atoms with Gasteiger partial charge in [0.1, 0.15) is 0 Å². The molecule has 0 aliphatic rings. The molecule has 0 aromatic rings. The molecule has 2 heteroatoms. The lowest BCUT2D eigenvalue weighted by atomic mass is 10.5. The smallest absolute Gasteiger partial charge is 0.0513 e. The largest absolute Gasteiger partial charge is 0.393 e. The number of rotatable bonds is 0. The summed E-state index contributed by atoms with van der Waals surface area (Å²) >= 11 is 0. The van der Waals surface area contributed by atoms with Crippen molar-refractivity contribution in [1.29, 1.82) is 0 Å². The van der Waals surface area contributed by atoms with Crippen LogP contribution in [0.4, 0.5) is 0 Å². The fourth-order valence-corrected chi connectivity index (χ4v) is 0. The normalized spacial score (nSPS) is 7.20. The SMILES string of the molecule is Cl.[CH2]C(C)O. The first-order valence-corrected chi connectivity index (χ1v) is 1.24. The zero-order valence-electron chi connectivity index (χ0n) is 3.14. The van der Waals surface area contributed by atoms with Gasteiger partial charge in [-0.25, -0.2) is 0 Å². The third-order valence-electron chi connectivity index (χ3n) is 0. The fourth-order valence-electron chi connectivity index (χ4n) is 0. The molecule has 0 fully saturated rings. The Kier molecular flexibility index (Phi) is 7.63. The monoisotopic (exact) mass is 95.0 g/mol. The van der Waals surface area contributed by atoms with Crippen molar-refractivity contribution in [3.05, 3.63) is 6.92 Å².